The maximum Gasteiger partial charge on any atom is 0.410 e. The lowest BCUT2D eigenvalue weighted by molar-refractivity contribution is -0.0877. The van der Waals surface area contributed by atoms with Crippen molar-refractivity contribution in [2.75, 3.05) is 13.1 Å². The lowest BCUT2D eigenvalue weighted by atomic mass is 9.78. The average Bonchev–Trinajstić information content (AvgIpc) is 2.31. The highest BCUT2D eigenvalue weighted by atomic mass is 16.6. The van der Waals surface area contributed by atoms with Gasteiger partial charge in [0.15, 0.2) is 0 Å². The van der Waals surface area contributed by atoms with Crippen molar-refractivity contribution in [1.29, 1.82) is 0 Å². The molecule has 1 aliphatic heterocycles. The zero-order chi connectivity index (χ0) is 15.6. The van der Waals surface area contributed by atoms with Crippen molar-refractivity contribution in [1.82, 2.24) is 4.90 Å². The second kappa shape index (κ2) is 6.39. The van der Waals surface area contributed by atoms with Crippen LogP contribution >= 0.6 is 0 Å². The number of allylic oxidation sites excluding steroid dienone is 1. The normalized spacial score (nSPS) is 27.1. The minimum absolute atomic E-state index is 0.202. The summed E-state index contributed by atoms with van der Waals surface area (Å²) < 4.78 is 11.5. The zero-order valence-electron chi connectivity index (χ0n) is 13.9. The fourth-order valence-corrected chi connectivity index (χ4v) is 2.85. The highest BCUT2D eigenvalue weighted by Crippen LogP contribution is 2.36. The Morgan fingerprint density at radius 3 is 2.19 bits per heavy atom. The van der Waals surface area contributed by atoms with Gasteiger partial charge >= 0.3 is 6.09 Å². The van der Waals surface area contributed by atoms with E-state index in [2.05, 4.69) is 13.5 Å². The van der Waals surface area contributed by atoms with Gasteiger partial charge in [0.2, 0.25) is 0 Å². The van der Waals surface area contributed by atoms with Crippen LogP contribution in [0.5, 0.6) is 0 Å². The predicted molar refractivity (Wildman–Crippen MR) is 83.2 cm³/mol. The lowest BCUT2D eigenvalue weighted by Gasteiger charge is -2.40. The standard InChI is InChI=1S/C17H29NO3/c1-12(2)13-10-15(11-13)20-14-6-8-18(9-7-14)16(19)21-17(3,4)5/h13-15H,1,6-11H2,2-5H3/t13-,15-. The third-order valence-electron chi connectivity index (χ3n) is 4.27. The Hall–Kier alpha value is -1.03. The number of piperidine rings is 1. The topological polar surface area (TPSA) is 38.8 Å². The third kappa shape index (κ3) is 4.73. The molecule has 0 spiro atoms. The molecule has 0 unspecified atom stereocenters. The highest BCUT2D eigenvalue weighted by molar-refractivity contribution is 5.68. The SMILES string of the molecule is C=C(C)[C@H]1C[C@H](OC2CCN(C(=O)OC(C)(C)C)CC2)C1. The number of carbonyl (C=O) groups excluding carboxylic acids is 1. The first-order chi connectivity index (χ1) is 9.74. The summed E-state index contributed by atoms with van der Waals surface area (Å²) in [6.07, 6.45) is 4.53. The van der Waals surface area contributed by atoms with Gasteiger partial charge in [-0.2, -0.15) is 0 Å². The second-order valence-electron chi connectivity index (χ2n) is 7.44. The minimum atomic E-state index is -0.423. The number of carbonyl (C=O) groups is 1. The number of rotatable bonds is 3. The quantitative estimate of drug-likeness (QED) is 0.744. The Balaban J connectivity index is 1.67. The molecule has 1 aliphatic carbocycles. The van der Waals surface area contributed by atoms with E-state index in [4.69, 9.17) is 9.47 Å². The predicted octanol–water partition coefficient (Wildman–Crippen LogP) is 3.76. The van der Waals surface area contributed by atoms with Gasteiger partial charge in [-0.3, -0.25) is 0 Å². The number of nitrogens with zero attached hydrogens (tertiary/aromatic N) is 1. The van der Waals surface area contributed by atoms with Crippen LogP contribution < -0.4 is 0 Å². The summed E-state index contributed by atoms with van der Waals surface area (Å²) in [4.78, 5) is 13.8. The Morgan fingerprint density at radius 2 is 1.71 bits per heavy atom. The van der Waals surface area contributed by atoms with Crippen LogP contribution in [-0.4, -0.2) is 41.9 Å². The number of likely N-dealkylation sites (tertiary alicyclic amines) is 1. The van der Waals surface area contributed by atoms with Gasteiger partial charge in [0.1, 0.15) is 5.60 Å². The van der Waals surface area contributed by atoms with Crippen molar-refractivity contribution >= 4 is 6.09 Å². The van der Waals surface area contributed by atoms with E-state index in [0.29, 0.717) is 18.1 Å². The van der Waals surface area contributed by atoms with Crippen LogP contribution in [0, 0.1) is 5.92 Å². The van der Waals surface area contributed by atoms with E-state index >= 15 is 0 Å². The summed E-state index contributed by atoms with van der Waals surface area (Å²) in [6, 6.07) is 0. The Morgan fingerprint density at radius 1 is 1.14 bits per heavy atom. The maximum atomic E-state index is 12.0. The van der Waals surface area contributed by atoms with Gasteiger partial charge in [-0.05, 0) is 59.3 Å². The molecule has 2 aliphatic rings. The van der Waals surface area contributed by atoms with Crippen LogP contribution in [0.2, 0.25) is 0 Å². The minimum Gasteiger partial charge on any atom is -0.444 e. The van der Waals surface area contributed by atoms with Gasteiger partial charge in [0, 0.05) is 13.1 Å². The summed E-state index contributed by atoms with van der Waals surface area (Å²) >= 11 is 0. The molecule has 4 nitrogen and oxygen atoms in total. The number of ether oxygens (including phenoxy) is 2. The number of hydrogen-bond donors (Lipinski definition) is 0. The van der Waals surface area contributed by atoms with E-state index in [1.807, 2.05) is 20.8 Å². The van der Waals surface area contributed by atoms with Crippen LogP contribution in [0.15, 0.2) is 12.2 Å². The van der Waals surface area contributed by atoms with Gasteiger partial charge in [-0.1, -0.05) is 12.2 Å². The molecule has 0 radical (unpaired) electrons. The largest absolute Gasteiger partial charge is 0.444 e. The zero-order valence-corrected chi connectivity index (χ0v) is 13.9. The fraction of sp³-hybridized carbons (Fsp3) is 0.824. The van der Waals surface area contributed by atoms with Crippen molar-refractivity contribution in [3.63, 3.8) is 0 Å². The molecule has 0 N–H and O–H groups in total. The third-order valence-corrected chi connectivity index (χ3v) is 4.27. The first-order valence-electron chi connectivity index (χ1n) is 8.03. The van der Waals surface area contributed by atoms with E-state index < -0.39 is 5.60 Å². The van der Waals surface area contributed by atoms with Crippen molar-refractivity contribution in [2.24, 2.45) is 5.92 Å². The molecule has 1 amide bonds. The molecule has 1 saturated carbocycles. The van der Waals surface area contributed by atoms with Crippen LogP contribution in [0.4, 0.5) is 4.79 Å². The molecule has 0 aromatic rings. The number of amides is 1. The summed E-state index contributed by atoms with van der Waals surface area (Å²) in [7, 11) is 0. The Bertz CT molecular complexity index is 385. The second-order valence-corrected chi connectivity index (χ2v) is 7.44. The van der Waals surface area contributed by atoms with E-state index in [1.54, 1.807) is 4.90 Å². The van der Waals surface area contributed by atoms with Crippen molar-refractivity contribution in [2.45, 2.75) is 71.2 Å². The molecule has 0 aromatic carbocycles. The molecule has 0 bridgehead atoms. The van der Waals surface area contributed by atoms with E-state index in [1.165, 1.54) is 5.57 Å². The van der Waals surface area contributed by atoms with E-state index in [9.17, 15) is 4.79 Å². The molecule has 120 valence electrons. The average molecular weight is 295 g/mol. The molecule has 21 heavy (non-hydrogen) atoms. The molecule has 1 saturated heterocycles. The van der Waals surface area contributed by atoms with Crippen LogP contribution in [0.1, 0.15) is 53.4 Å². The van der Waals surface area contributed by atoms with Crippen molar-refractivity contribution in [3.05, 3.63) is 12.2 Å². The van der Waals surface area contributed by atoms with E-state index in [-0.39, 0.29) is 6.09 Å². The monoisotopic (exact) mass is 295 g/mol. The molecular formula is C17H29NO3. The van der Waals surface area contributed by atoms with Crippen molar-refractivity contribution < 1.29 is 14.3 Å². The van der Waals surface area contributed by atoms with E-state index in [0.717, 1.165) is 38.8 Å². The lowest BCUT2D eigenvalue weighted by Crippen LogP contribution is -2.45. The van der Waals surface area contributed by atoms with Crippen molar-refractivity contribution in [3.8, 4) is 0 Å². The summed E-state index contributed by atoms with van der Waals surface area (Å²) in [6.45, 7) is 13.3. The molecule has 2 fully saturated rings. The number of hydrogen-bond acceptors (Lipinski definition) is 3. The fourth-order valence-electron chi connectivity index (χ4n) is 2.85. The van der Waals surface area contributed by atoms with Gasteiger partial charge in [-0.25, -0.2) is 4.79 Å². The van der Waals surface area contributed by atoms with Crippen LogP contribution in [-0.2, 0) is 9.47 Å². The van der Waals surface area contributed by atoms with Gasteiger partial charge in [-0.15, -0.1) is 0 Å². The molecule has 4 heteroatoms. The Kier molecular flexibility index (Phi) is 4.97. The van der Waals surface area contributed by atoms with Crippen LogP contribution in [0.25, 0.3) is 0 Å². The molecule has 0 aromatic heterocycles. The van der Waals surface area contributed by atoms with Gasteiger partial charge < -0.3 is 14.4 Å². The molecular weight excluding hydrogens is 266 g/mol. The summed E-state index contributed by atoms with van der Waals surface area (Å²) in [5, 5.41) is 0. The maximum absolute atomic E-state index is 12.0. The molecule has 0 atom stereocenters. The summed E-state index contributed by atoms with van der Waals surface area (Å²) in [5.74, 6) is 0.650. The smallest absolute Gasteiger partial charge is 0.410 e. The first-order valence-corrected chi connectivity index (χ1v) is 8.03. The molecule has 2 rings (SSSR count). The van der Waals surface area contributed by atoms with Gasteiger partial charge in [0.25, 0.3) is 0 Å². The summed E-state index contributed by atoms with van der Waals surface area (Å²) in [5.41, 5.74) is 0.850. The first kappa shape index (κ1) is 16.3. The van der Waals surface area contributed by atoms with Crippen LogP contribution in [0.3, 0.4) is 0 Å². The highest BCUT2D eigenvalue weighted by Gasteiger charge is 2.34. The Labute approximate surface area is 128 Å². The van der Waals surface area contributed by atoms with Gasteiger partial charge in [0.05, 0.1) is 12.2 Å². The molecule has 1 heterocycles.